The van der Waals surface area contributed by atoms with E-state index in [1.54, 1.807) is 24.3 Å². The molecule has 3 rings (SSSR count). The molecule has 6 nitrogen and oxygen atoms in total. The number of carbonyl (C=O) groups is 1. The molecule has 6 heteroatoms. The average molecular weight is 314 g/mol. The molecule has 2 heterocycles. The predicted molar refractivity (Wildman–Crippen MR) is 84.3 cm³/mol. The number of hydrogen-bond donors (Lipinski definition) is 1. The molecule has 0 saturated carbocycles. The van der Waals surface area contributed by atoms with Crippen molar-refractivity contribution in [2.24, 2.45) is 0 Å². The van der Waals surface area contributed by atoms with Crippen LogP contribution in [0, 0.1) is 5.21 Å². The minimum absolute atomic E-state index is 0.144. The molecule has 1 aliphatic heterocycles. The van der Waals surface area contributed by atoms with Gasteiger partial charge in [-0.1, -0.05) is 6.07 Å². The van der Waals surface area contributed by atoms with Gasteiger partial charge in [0.15, 0.2) is 12.4 Å². The van der Waals surface area contributed by atoms with Crippen LogP contribution in [0.3, 0.4) is 0 Å². The van der Waals surface area contributed by atoms with Crippen molar-refractivity contribution in [1.82, 2.24) is 0 Å². The van der Waals surface area contributed by atoms with E-state index in [1.165, 1.54) is 18.5 Å². The number of aromatic nitrogens is 1. The van der Waals surface area contributed by atoms with E-state index in [4.69, 9.17) is 9.47 Å². The van der Waals surface area contributed by atoms with Crippen molar-refractivity contribution >= 4 is 11.6 Å². The Bertz CT molecular complexity index is 684. The smallest absolute Gasteiger partial charge is 0.261 e. The third-order valence-electron chi connectivity index (χ3n) is 3.59. The van der Waals surface area contributed by atoms with Gasteiger partial charge in [0.05, 0.1) is 6.10 Å². The van der Waals surface area contributed by atoms with Crippen molar-refractivity contribution in [3.05, 3.63) is 59.6 Å². The van der Waals surface area contributed by atoms with Crippen LogP contribution in [0.2, 0.25) is 0 Å². The van der Waals surface area contributed by atoms with E-state index in [0.717, 1.165) is 19.4 Å². The Morgan fingerprint density at radius 1 is 1.39 bits per heavy atom. The van der Waals surface area contributed by atoms with Crippen LogP contribution in [0.5, 0.6) is 5.75 Å². The zero-order chi connectivity index (χ0) is 16.1. The quantitative estimate of drug-likeness (QED) is 0.678. The maximum Gasteiger partial charge on any atom is 0.261 e. The van der Waals surface area contributed by atoms with Gasteiger partial charge in [-0.15, -0.1) is 0 Å². The number of pyridine rings is 1. The standard InChI is InChI=1S/C17H18N2O4/c20-17(13-4-2-8-19(21)11-13)18-14-5-1-6-15(10-14)23-12-16-7-3-9-22-16/h1-2,4-6,8,10-11,16H,3,7,9,12H2,(H,18,20). The molecule has 1 amide bonds. The lowest BCUT2D eigenvalue weighted by atomic mass is 10.2. The Hall–Kier alpha value is -2.60. The predicted octanol–water partition coefficient (Wildman–Crippen LogP) is 2.13. The van der Waals surface area contributed by atoms with Crippen LogP contribution in [0.4, 0.5) is 5.69 Å². The highest BCUT2D eigenvalue weighted by atomic mass is 16.5. The molecular formula is C17H18N2O4. The van der Waals surface area contributed by atoms with Crippen molar-refractivity contribution in [2.45, 2.75) is 18.9 Å². The first-order chi connectivity index (χ1) is 11.2. The van der Waals surface area contributed by atoms with E-state index < -0.39 is 0 Å². The molecule has 0 spiro atoms. The van der Waals surface area contributed by atoms with Crippen molar-refractivity contribution in [2.75, 3.05) is 18.5 Å². The minimum Gasteiger partial charge on any atom is -0.619 e. The molecular weight excluding hydrogens is 296 g/mol. The van der Waals surface area contributed by atoms with Crippen LogP contribution >= 0.6 is 0 Å². The molecule has 23 heavy (non-hydrogen) atoms. The zero-order valence-electron chi connectivity index (χ0n) is 12.6. The summed E-state index contributed by atoms with van der Waals surface area (Å²) in [5.41, 5.74) is 0.911. The van der Waals surface area contributed by atoms with Gasteiger partial charge in [-0.05, 0) is 31.0 Å². The molecule has 1 N–H and O–H groups in total. The van der Waals surface area contributed by atoms with Gasteiger partial charge in [0.25, 0.3) is 5.91 Å². The molecule has 1 aromatic carbocycles. The summed E-state index contributed by atoms with van der Waals surface area (Å²) < 4.78 is 11.8. The highest BCUT2D eigenvalue weighted by Crippen LogP contribution is 2.20. The second-order valence-corrected chi connectivity index (χ2v) is 5.38. The lowest BCUT2D eigenvalue weighted by Crippen LogP contribution is -2.27. The lowest BCUT2D eigenvalue weighted by molar-refractivity contribution is -0.605. The maximum atomic E-state index is 12.1. The fourth-order valence-corrected chi connectivity index (χ4v) is 2.42. The summed E-state index contributed by atoms with van der Waals surface area (Å²) in [5.74, 6) is 0.330. The van der Waals surface area contributed by atoms with Crippen LogP contribution < -0.4 is 14.8 Å². The average Bonchev–Trinajstić information content (AvgIpc) is 3.07. The van der Waals surface area contributed by atoms with E-state index in [9.17, 15) is 10.0 Å². The van der Waals surface area contributed by atoms with E-state index >= 15 is 0 Å². The number of nitrogens with one attached hydrogen (secondary N) is 1. The van der Waals surface area contributed by atoms with Crippen LogP contribution in [0.15, 0.2) is 48.8 Å². The fraction of sp³-hybridized carbons (Fsp3) is 0.294. The van der Waals surface area contributed by atoms with E-state index in [0.29, 0.717) is 28.3 Å². The first kappa shape index (κ1) is 15.3. The van der Waals surface area contributed by atoms with Gasteiger partial charge in [-0.25, -0.2) is 0 Å². The number of rotatable bonds is 5. The summed E-state index contributed by atoms with van der Waals surface area (Å²) in [6.07, 6.45) is 4.79. The van der Waals surface area contributed by atoms with Crippen molar-refractivity contribution in [3.63, 3.8) is 0 Å². The third-order valence-corrected chi connectivity index (χ3v) is 3.59. The van der Waals surface area contributed by atoms with Crippen LogP contribution in [0.1, 0.15) is 23.2 Å². The Kier molecular flexibility index (Phi) is 4.73. The molecule has 1 saturated heterocycles. The van der Waals surface area contributed by atoms with Gasteiger partial charge in [0, 0.05) is 24.4 Å². The van der Waals surface area contributed by atoms with Gasteiger partial charge >= 0.3 is 0 Å². The van der Waals surface area contributed by atoms with Crippen molar-refractivity contribution in [1.29, 1.82) is 0 Å². The second kappa shape index (κ2) is 7.11. The molecule has 0 radical (unpaired) electrons. The van der Waals surface area contributed by atoms with E-state index in [2.05, 4.69) is 5.32 Å². The first-order valence-corrected chi connectivity index (χ1v) is 7.55. The minimum atomic E-state index is -0.341. The molecule has 1 atom stereocenters. The monoisotopic (exact) mass is 314 g/mol. The number of hydrogen-bond acceptors (Lipinski definition) is 4. The molecule has 1 unspecified atom stereocenters. The van der Waals surface area contributed by atoms with Gasteiger partial charge in [0.2, 0.25) is 0 Å². The molecule has 0 aliphatic carbocycles. The van der Waals surface area contributed by atoms with Gasteiger partial charge in [0.1, 0.15) is 17.9 Å². The largest absolute Gasteiger partial charge is 0.619 e. The number of amides is 1. The summed E-state index contributed by atoms with van der Waals surface area (Å²) in [5, 5.41) is 14.0. The SMILES string of the molecule is O=C(Nc1cccc(OCC2CCCO2)c1)c1ccc[n+]([O-])c1. The Morgan fingerprint density at radius 2 is 2.30 bits per heavy atom. The highest BCUT2D eigenvalue weighted by Gasteiger charge is 2.16. The number of anilines is 1. The Labute approximate surface area is 134 Å². The second-order valence-electron chi connectivity index (χ2n) is 5.38. The summed E-state index contributed by atoms with van der Waals surface area (Å²) >= 11 is 0. The summed E-state index contributed by atoms with van der Waals surface area (Å²) in [4.78, 5) is 12.1. The highest BCUT2D eigenvalue weighted by molar-refractivity contribution is 6.03. The Balaban J connectivity index is 1.61. The summed E-state index contributed by atoms with van der Waals surface area (Å²) in [7, 11) is 0. The topological polar surface area (TPSA) is 74.5 Å². The Morgan fingerprint density at radius 3 is 3.09 bits per heavy atom. The van der Waals surface area contributed by atoms with E-state index in [1.807, 2.05) is 6.07 Å². The van der Waals surface area contributed by atoms with Crippen LogP contribution in [-0.4, -0.2) is 25.2 Å². The molecule has 1 aromatic heterocycles. The first-order valence-electron chi connectivity index (χ1n) is 7.55. The zero-order valence-corrected chi connectivity index (χ0v) is 12.6. The van der Waals surface area contributed by atoms with Crippen molar-refractivity contribution < 1.29 is 19.0 Å². The molecule has 120 valence electrons. The summed E-state index contributed by atoms with van der Waals surface area (Å²) in [6, 6.07) is 10.3. The fourth-order valence-electron chi connectivity index (χ4n) is 2.42. The maximum absolute atomic E-state index is 12.1. The molecule has 1 fully saturated rings. The van der Waals surface area contributed by atoms with Gasteiger partial charge < -0.3 is 20.0 Å². The van der Waals surface area contributed by atoms with Gasteiger partial charge in [-0.3, -0.25) is 4.79 Å². The summed E-state index contributed by atoms with van der Waals surface area (Å²) in [6.45, 7) is 1.30. The van der Waals surface area contributed by atoms with Crippen LogP contribution in [0.25, 0.3) is 0 Å². The molecule has 2 aromatic rings. The number of nitrogens with zero attached hydrogens (tertiary/aromatic N) is 1. The normalized spacial score (nSPS) is 17.0. The number of carbonyl (C=O) groups excluding carboxylic acids is 1. The lowest BCUT2D eigenvalue weighted by Gasteiger charge is -2.12. The van der Waals surface area contributed by atoms with E-state index in [-0.39, 0.29) is 12.0 Å². The van der Waals surface area contributed by atoms with Crippen LogP contribution in [-0.2, 0) is 4.74 Å². The molecule has 0 bridgehead atoms. The number of benzene rings is 1. The van der Waals surface area contributed by atoms with Crippen molar-refractivity contribution in [3.8, 4) is 5.75 Å². The van der Waals surface area contributed by atoms with Gasteiger partial charge in [-0.2, -0.15) is 4.73 Å². The molecule has 1 aliphatic rings. The third kappa shape index (κ3) is 4.20. The number of ether oxygens (including phenoxy) is 2.